The average molecular weight is 398 g/mol. The second kappa shape index (κ2) is 8.40. The second-order valence-corrected chi connectivity index (χ2v) is 6.54. The molecule has 0 atom stereocenters. The van der Waals surface area contributed by atoms with Gasteiger partial charge in [-0.15, -0.1) is 0 Å². The van der Waals surface area contributed by atoms with E-state index in [1.54, 1.807) is 42.7 Å². The maximum Gasteiger partial charge on any atom is 0.256 e. The number of primary amides is 1. The third-order valence-electron chi connectivity index (χ3n) is 4.43. The van der Waals surface area contributed by atoms with Crippen LogP contribution in [0.1, 0.15) is 10.4 Å². The zero-order valence-electron chi connectivity index (χ0n) is 15.9. The van der Waals surface area contributed by atoms with Crippen LogP contribution >= 0.6 is 0 Å². The molecular weight excluding hydrogens is 380 g/mol. The van der Waals surface area contributed by atoms with Gasteiger partial charge in [0, 0.05) is 29.0 Å². The Hall–Kier alpha value is -4.26. The summed E-state index contributed by atoms with van der Waals surface area (Å²) in [5.41, 5.74) is 8.48. The fourth-order valence-corrected chi connectivity index (χ4v) is 3.02. The van der Waals surface area contributed by atoms with Crippen LogP contribution in [0.5, 0.6) is 5.75 Å². The summed E-state index contributed by atoms with van der Waals surface area (Å²) >= 11 is 0. The van der Waals surface area contributed by atoms with E-state index in [4.69, 9.17) is 10.5 Å². The lowest BCUT2D eigenvalue weighted by atomic mass is 10.0. The van der Waals surface area contributed by atoms with Gasteiger partial charge in [-0.2, -0.15) is 0 Å². The van der Waals surface area contributed by atoms with Gasteiger partial charge in [-0.25, -0.2) is 4.98 Å². The van der Waals surface area contributed by atoms with Crippen molar-refractivity contribution in [1.29, 1.82) is 0 Å². The van der Waals surface area contributed by atoms with Gasteiger partial charge in [-0.05, 0) is 48.5 Å². The standard InChI is InChI=1S/C23H18N4O3/c24-22(28)14-30-17-7-5-16(6-8-17)26-23(29)19-13-21(15-9-11-25-12-10-15)27-20-4-2-1-3-18(19)20/h1-13H,14H2,(H2,24,28)(H,26,29). The first-order chi connectivity index (χ1) is 14.6. The molecule has 0 spiro atoms. The molecule has 2 heterocycles. The summed E-state index contributed by atoms with van der Waals surface area (Å²) in [5.74, 6) is -0.321. The number of benzene rings is 2. The number of nitrogens with zero attached hydrogens (tertiary/aromatic N) is 2. The third kappa shape index (κ3) is 4.25. The van der Waals surface area contributed by atoms with Crippen molar-refractivity contribution in [3.63, 3.8) is 0 Å². The number of carbonyl (C=O) groups excluding carboxylic acids is 2. The number of amides is 2. The molecule has 3 N–H and O–H groups in total. The van der Waals surface area contributed by atoms with Crippen molar-refractivity contribution < 1.29 is 14.3 Å². The van der Waals surface area contributed by atoms with Crippen LogP contribution in [0, 0.1) is 0 Å². The Morgan fingerprint density at radius 1 is 0.967 bits per heavy atom. The number of hydrogen-bond acceptors (Lipinski definition) is 5. The highest BCUT2D eigenvalue weighted by Gasteiger charge is 2.14. The van der Waals surface area contributed by atoms with Crippen molar-refractivity contribution in [2.24, 2.45) is 5.73 Å². The SMILES string of the molecule is NC(=O)COc1ccc(NC(=O)c2cc(-c3ccncc3)nc3ccccc23)cc1. The maximum atomic E-state index is 13.1. The lowest BCUT2D eigenvalue weighted by Gasteiger charge is -2.11. The van der Waals surface area contributed by atoms with Crippen LogP contribution in [0.25, 0.3) is 22.2 Å². The van der Waals surface area contributed by atoms with E-state index < -0.39 is 5.91 Å². The van der Waals surface area contributed by atoms with Gasteiger partial charge in [0.1, 0.15) is 5.75 Å². The molecule has 0 fully saturated rings. The lowest BCUT2D eigenvalue weighted by Crippen LogP contribution is -2.20. The molecule has 0 unspecified atom stereocenters. The summed E-state index contributed by atoms with van der Waals surface area (Å²) < 4.78 is 5.23. The zero-order valence-corrected chi connectivity index (χ0v) is 15.9. The van der Waals surface area contributed by atoms with Crippen molar-refractivity contribution in [1.82, 2.24) is 9.97 Å². The summed E-state index contributed by atoms with van der Waals surface area (Å²) in [5, 5.41) is 3.65. The van der Waals surface area contributed by atoms with Crippen molar-refractivity contribution in [3.8, 4) is 17.0 Å². The molecule has 0 aliphatic heterocycles. The Balaban J connectivity index is 1.63. The average Bonchev–Trinajstić information content (AvgIpc) is 2.78. The summed E-state index contributed by atoms with van der Waals surface area (Å²) in [4.78, 5) is 32.6. The van der Waals surface area contributed by atoms with E-state index in [0.717, 1.165) is 16.5 Å². The number of aromatic nitrogens is 2. The van der Waals surface area contributed by atoms with Crippen LogP contribution in [0.3, 0.4) is 0 Å². The number of nitrogens with one attached hydrogen (secondary N) is 1. The molecule has 7 heteroatoms. The van der Waals surface area contributed by atoms with E-state index in [-0.39, 0.29) is 12.5 Å². The molecule has 0 bridgehead atoms. The Morgan fingerprint density at radius 2 is 1.70 bits per heavy atom. The number of nitrogens with two attached hydrogens (primary N) is 1. The van der Waals surface area contributed by atoms with Crippen LogP contribution in [0.15, 0.2) is 79.1 Å². The first-order valence-corrected chi connectivity index (χ1v) is 9.23. The highest BCUT2D eigenvalue weighted by molar-refractivity contribution is 6.13. The normalized spacial score (nSPS) is 10.5. The van der Waals surface area contributed by atoms with Crippen LogP contribution < -0.4 is 15.8 Å². The summed E-state index contributed by atoms with van der Waals surface area (Å²) in [6, 6.07) is 19.7. The number of hydrogen-bond donors (Lipinski definition) is 2. The molecule has 148 valence electrons. The first-order valence-electron chi connectivity index (χ1n) is 9.23. The minimum absolute atomic E-state index is 0.202. The quantitative estimate of drug-likeness (QED) is 0.518. The largest absolute Gasteiger partial charge is 0.484 e. The van der Waals surface area contributed by atoms with Crippen LogP contribution in [-0.2, 0) is 4.79 Å². The molecule has 0 saturated heterocycles. The predicted octanol–water partition coefficient (Wildman–Crippen LogP) is 3.41. The van der Waals surface area contributed by atoms with Gasteiger partial charge in [-0.1, -0.05) is 18.2 Å². The van der Waals surface area contributed by atoms with Gasteiger partial charge >= 0.3 is 0 Å². The third-order valence-corrected chi connectivity index (χ3v) is 4.43. The van der Waals surface area contributed by atoms with Crippen molar-refractivity contribution in [3.05, 3.63) is 84.7 Å². The molecule has 0 saturated carbocycles. The Morgan fingerprint density at radius 3 is 2.43 bits per heavy atom. The van der Waals surface area contributed by atoms with Crippen molar-refractivity contribution in [2.75, 3.05) is 11.9 Å². The zero-order chi connectivity index (χ0) is 20.9. The monoisotopic (exact) mass is 398 g/mol. The van der Waals surface area contributed by atoms with Crippen molar-refractivity contribution in [2.45, 2.75) is 0 Å². The number of anilines is 1. The molecule has 4 rings (SSSR count). The van der Waals surface area contributed by atoms with Crippen molar-refractivity contribution >= 4 is 28.4 Å². The first kappa shape index (κ1) is 19.1. The molecule has 30 heavy (non-hydrogen) atoms. The molecule has 2 amide bonds. The van der Waals surface area contributed by atoms with Gasteiger partial charge in [0.25, 0.3) is 11.8 Å². The molecule has 2 aromatic heterocycles. The van der Waals surface area contributed by atoms with E-state index in [1.807, 2.05) is 36.4 Å². The van der Waals surface area contributed by atoms with Gasteiger partial charge in [0.2, 0.25) is 0 Å². The smallest absolute Gasteiger partial charge is 0.256 e. The number of ether oxygens (including phenoxy) is 1. The van der Waals surface area contributed by atoms with E-state index >= 15 is 0 Å². The summed E-state index contributed by atoms with van der Waals surface area (Å²) in [6.07, 6.45) is 3.38. The van der Waals surface area contributed by atoms with E-state index in [2.05, 4.69) is 15.3 Å². The van der Waals surface area contributed by atoms with E-state index in [0.29, 0.717) is 22.7 Å². The van der Waals surface area contributed by atoms with E-state index in [9.17, 15) is 9.59 Å². The minimum atomic E-state index is -0.554. The van der Waals surface area contributed by atoms with Gasteiger partial charge < -0.3 is 15.8 Å². The molecule has 0 aliphatic carbocycles. The molecule has 0 aliphatic rings. The van der Waals surface area contributed by atoms with Gasteiger partial charge in [0.05, 0.1) is 16.8 Å². The van der Waals surface area contributed by atoms with Gasteiger partial charge in [-0.3, -0.25) is 14.6 Å². The fraction of sp³-hybridized carbons (Fsp3) is 0.0435. The van der Waals surface area contributed by atoms with Gasteiger partial charge in [0.15, 0.2) is 6.61 Å². The van der Waals surface area contributed by atoms with Crippen LogP contribution in [0.4, 0.5) is 5.69 Å². The minimum Gasteiger partial charge on any atom is -0.484 e. The number of rotatable bonds is 6. The number of carbonyl (C=O) groups is 2. The predicted molar refractivity (Wildman–Crippen MR) is 114 cm³/mol. The lowest BCUT2D eigenvalue weighted by molar-refractivity contribution is -0.119. The van der Waals surface area contributed by atoms with E-state index in [1.165, 1.54) is 0 Å². The number of fused-ring (bicyclic) bond motifs is 1. The second-order valence-electron chi connectivity index (χ2n) is 6.54. The fourth-order valence-electron chi connectivity index (χ4n) is 3.02. The Labute approximate surface area is 172 Å². The maximum absolute atomic E-state index is 13.1. The number of para-hydroxylation sites is 1. The van der Waals surface area contributed by atoms with Crippen LogP contribution in [-0.4, -0.2) is 28.4 Å². The summed E-state index contributed by atoms with van der Waals surface area (Å²) in [7, 11) is 0. The molecule has 0 radical (unpaired) electrons. The molecule has 4 aromatic rings. The number of pyridine rings is 2. The topological polar surface area (TPSA) is 107 Å². The Kier molecular flexibility index (Phi) is 5.34. The Bertz CT molecular complexity index is 1210. The highest BCUT2D eigenvalue weighted by atomic mass is 16.5. The summed E-state index contributed by atoms with van der Waals surface area (Å²) in [6.45, 7) is -0.202. The molecular formula is C23H18N4O3. The molecule has 2 aromatic carbocycles. The highest BCUT2D eigenvalue weighted by Crippen LogP contribution is 2.25. The van der Waals surface area contributed by atoms with Crippen LogP contribution in [0.2, 0.25) is 0 Å². The molecule has 7 nitrogen and oxygen atoms in total.